The van der Waals surface area contributed by atoms with E-state index in [9.17, 15) is 5.11 Å². The lowest BCUT2D eigenvalue weighted by molar-refractivity contribution is 0.373. The molecule has 0 aliphatic heterocycles. The van der Waals surface area contributed by atoms with Gasteiger partial charge in [-0.25, -0.2) is 0 Å². The molecular formula is C15H14N2O3. The summed E-state index contributed by atoms with van der Waals surface area (Å²) in [7, 11) is 1.52. The van der Waals surface area contributed by atoms with Gasteiger partial charge in [0.25, 0.3) is 6.01 Å². The molecule has 0 saturated carbocycles. The number of phenolic OH excluding ortho intramolecular Hbond substituents is 1. The first-order valence-electron chi connectivity index (χ1n) is 6.21. The lowest BCUT2D eigenvalue weighted by atomic mass is 10.2. The monoisotopic (exact) mass is 270 g/mol. The molecule has 3 aromatic rings. The number of aromatic nitrogens is 1. The number of methoxy groups -OCH3 is 1. The summed E-state index contributed by atoms with van der Waals surface area (Å²) < 4.78 is 10.6. The fraction of sp³-hybridized carbons (Fsp3) is 0.133. The van der Waals surface area contributed by atoms with Crippen LogP contribution >= 0.6 is 0 Å². The Morgan fingerprint density at radius 3 is 2.90 bits per heavy atom. The molecule has 1 aromatic heterocycles. The number of ether oxygens (including phenoxy) is 1. The third-order valence-electron chi connectivity index (χ3n) is 2.98. The second kappa shape index (κ2) is 5.13. The van der Waals surface area contributed by atoms with Crippen molar-refractivity contribution in [3.63, 3.8) is 0 Å². The van der Waals surface area contributed by atoms with Crippen LogP contribution in [0.3, 0.4) is 0 Å². The van der Waals surface area contributed by atoms with Crippen molar-refractivity contribution < 1.29 is 14.3 Å². The van der Waals surface area contributed by atoms with Crippen LogP contribution < -0.4 is 10.1 Å². The zero-order valence-corrected chi connectivity index (χ0v) is 11.0. The van der Waals surface area contributed by atoms with Crippen LogP contribution in [0.2, 0.25) is 0 Å². The Labute approximate surface area is 115 Å². The fourth-order valence-electron chi connectivity index (χ4n) is 1.96. The van der Waals surface area contributed by atoms with Gasteiger partial charge in [-0.3, -0.25) is 0 Å². The van der Waals surface area contributed by atoms with E-state index < -0.39 is 0 Å². The maximum Gasteiger partial charge on any atom is 0.295 e. The van der Waals surface area contributed by atoms with Crippen LogP contribution in [0.1, 0.15) is 5.56 Å². The lowest BCUT2D eigenvalue weighted by Crippen LogP contribution is -1.99. The molecule has 3 rings (SSSR count). The van der Waals surface area contributed by atoms with E-state index in [2.05, 4.69) is 10.3 Å². The highest BCUT2D eigenvalue weighted by atomic mass is 16.5. The standard InChI is InChI=1S/C15H14N2O3/c1-19-14-8-10(6-7-12(14)18)9-16-15-17-11-4-2-3-5-13(11)20-15/h2-8,18H,9H2,1H3,(H,16,17). The van der Waals surface area contributed by atoms with Gasteiger partial charge in [-0.1, -0.05) is 18.2 Å². The Bertz CT molecular complexity index is 704. The number of para-hydroxylation sites is 2. The smallest absolute Gasteiger partial charge is 0.295 e. The van der Waals surface area contributed by atoms with Crippen molar-refractivity contribution in [2.24, 2.45) is 0 Å². The highest BCUT2D eigenvalue weighted by molar-refractivity contribution is 5.74. The average Bonchev–Trinajstić information content (AvgIpc) is 2.89. The third kappa shape index (κ3) is 2.38. The van der Waals surface area contributed by atoms with Crippen molar-refractivity contribution in [3.05, 3.63) is 48.0 Å². The largest absolute Gasteiger partial charge is 0.504 e. The normalized spacial score (nSPS) is 10.7. The molecule has 0 aliphatic carbocycles. The SMILES string of the molecule is COc1cc(CNc2nc3ccccc3o2)ccc1O. The van der Waals surface area contributed by atoms with Crippen LogP contribution in [0, 0.1) is 0 Å². The summed E-state index contributed by atoms with van der Waals surface area (Å²) in [6, 6.07) is 13.2. The summed E-state index contributed by atoms with van der Waals surface area (Å²) in [6.45, 7) is 0.531. The number of phenols is 1. The summed E-state index contributed by atoms with van der Waals surface area (Å²) in [6.07, 6.45) is 0. The maximum absolute atomic E-state index is 9.54. The van der Waals surface area contributed by atoms with Crippen molar-refractivity contribution in [1.82, 2.24) is 4.98 Å². The summed E-state index contributed by atoms with van der Waals surface area (Å²) in [5, 5.41) is 12.6. The van der Waals surface area contributed by atoms with E-state index in [1.165, 1.54) is 7.11 Å². The van der Waals surface area contributed by atoms with Crippen molar-refractivity contribution in [1.29, 1.82) is 0 Å². The molecule has 0 bridgehead atoms. The zero-order chi connectivity index (χ0) is 13.9. The van der Waals surface area contributed by atoms with Gasteiger partial charge in [-0.2, -0.15) is 4.98 Å². The van der Waals surface area contributed by atoms with Crippen LogP contribution in [0.15, 0.2) is 46.9 Å². The minimum atomic E-state index is 0.123. The third-order valence-corrected chi connectivity index (χ3v) is 2.98. The summed E-state index contributed by atoms with van der Waals surface area (Å²) in [4.78, 5) is 4.33. The van der Waals surface area contributed by atoms with E-state index >= 15 is 0 Å². The van der Waals surface area contributed by atoms with Gasteiger partial charge in [0, 0.05) is 6.54 Å². The van der Waals surface area contributed by atoms with Crippen LogP contribution in [-0.2, 0) is 6.54 Å². The number of nitrogens with zero attached hydrogens (tertiary/aromatic N) is 1. The maximum atomic E-state index is 9.54. The Hall–Kier alpha value is -2.69. The first kappa shape index (κ1) is 12.3. The van der Waals surface area contributed by atoms with E-state index in [1.807, 2.05) is 30.3 Å². The van der Waals surface area contributed by atoms with Gasteiger partial charge < -0.3 is 19.6 Å². The number of fused-ring (bicyclic) bond motifs is 1. The van der Waals surface area contributed by atoms with Crippen LogP contribution in [-0.4, -0.2) is 17.2 Å². The Balaban J connectivity index is 1.75. The highest BCUT2D eigenvalue weighted by Crippen LogP contribution is 2.26. The molecule has 20 heavy (non-hydrogen) atoms. The minimum Gasteiger partial charge on any atom is -0.504 e. The van der Waals surface area contributed by atoms with Gasteiger partial charge in [-0.15, -0.1) is 0 Å². The number of nitrogens with one attached hydrogen (secondary N) is 1. The van der Waals surface area contributed by atoms with E-state index in [0.717, 1.165) is 16.7 Å². The number of anilines is 1. The van der Waals surface area contributed by atoms with Gasteiger partial charge >= 0.3 is 0 Å². The molecule has 1 heterocycles. The Kier molecular flexibility index (Phi) is 3.16. The Morgan fingerprint density at radius 2 is 2.10 bits per heavy atom. The summed E-state index contributed by atoms with van der Waals surface area (Å²) >= 11 is 0. The van der Waals surface area contributed by atoms with Gasteiger partial charge in [0.15, 0.2) is 17.1 Å². The lowest BCUT2D eigenvalue weighted by Gasteiger charge is -2.06. The molecule has 2 aromatic carbocycles. The first-order chi connectivity index (χ1) is 9.76. The molecule has 0 radical (unpaired) electrons. The number of benzene rings is 2. The van der Waals surface area contributed by atoms with Crippen LogP contribution in [0.4, 0.5) is 6.01 Å². The molecule has 5 heteroatoms. The van der Waals surface area contributed by atoms with E-state index in [4.69, 9.17) is 9.15 Å². The number of hydrogen-bond donors (Lipinski definition) is 2. The molecular weight excluding hydrogens is 256 g/mol. The van der Waals surface area contributed by atoms with Gasteiger partial charge in [0.2, 0.25) is 0 Å². The number of rotatable bonds is 4. The number of aromatic hydroxyl groups is 1. The fourth-order valence-corrected chi connectivity index (χ4v) is 1.96. The summed E-state index contributed by atoms with van der Waals surface area (Å²) in [5.74, 6) is 0.569. The molecule has 0 unspecified atom stereocenters. The zero-order valence-electron chi connectivity index (χ0n) is 11.0. The highest BCUT2D eigenvalue weighted by Gasteiger charge is 2.06. The molecule has 0 saturated heterocycles. The topological polar surface area (TPSA) is 67.5 Å². The molecule has 0 amide bonds. The van der Waals surface area contributed by atoms with Crippen molar-refractivity contribution in [2.45, 2.75) is 6.54 Å². The van der Waals surface area contributed by atoms with Gasteiger partial charge in [0.05, 0.1) is 7.11 Å². The molecule has 2 N–H and O–H groups in total. The second-order valence-electron chi connectivity index (χ2n) is 4.35. The van der Waals surface area contributed by atoms with E-state index in [0.29, 0.717) is 18.3 Å². The van der Waals surface area contributed by atoms with Crippen LogP contribution in [0.5, 0.6) is 11.5 Å². The molecule has 102 valence electrons. The molecule has 0 fully saturated rings. The minimum absolute atomic E-state index is 0.123. The first-order valence-corrected chi connectivity index (χ1v) is 6.21. The van der Waals surface area contributed by atoms with E-state index in [1.54, 1.807) is 12.1 Å². The number of oxazole rings is 1. The van der Waals surface area contributed by atoms with Crippen LogP contribution in [0.25, 0.3) is 11.1 Å². The second-order valence-corrected chi connectivity index (χ2v) is 4.35. The van der Waals surface area contributed by atoms with Gasteiger partial charge in [0.1, 0.15) is 5.52 Å². The molecule has 5 nitrogen and oxygen atoms in total. The average molecular weight is 270 g/mol. The summed E-state index contributed by atoms with van der Waals surface area (Å²) in [5.41, 5.74) is 2.53. The predicted molar refractivity (Wildman–Crippen MR) is 76.0 cm³/mol. The van der Waals surface area contributed by atoms with Crippen molar-refractivity contribution >= 4 is 17.1 Å². The van der Waals surface area contributed by atoms with Gasteiger partial charge in [-0.05, 0) is 29.8 Å². The van der Waals surface area contributed by atoms with Crippen molar-refractivity contribution in [2.75, 3.05) is 12.4 Å². The number of hydrogen-bond acceptors (Lipinski definition) is 5. The molecule has 0 atom stereocenters. The van der Waals surface area contributed by atoms with Crippen molar-refractivity contribution in [3.8, 4) is 11.5 Å². The molecule has 0 aliphatic rings. The van der Waals surface area contributed by atoms with E-state index in [-0.39, 0.29) is 5.75 Å². The molecule has 0 spiro atoms. The predicted octanol–water partition coefficient (Wildman–Crippen LogP) is 3.15. The Morgan fingerprint density at radius 1 is 1.25 bits per heavy atom. The quantitative estimate of drug-likeness (QED) is 0.762.